The summed E-state index contributed by atoms with van der Waals surface area (Å²) in [6.07, 6.45) is 0. The molecule has 6 rings (SSSR count). The summed E-state index contributed by atoms with van der Waals surface area (Å²) >= 11 is 0. The Morgan fingerprint density at radius 3 is 1.69 bits per heavy atom. The standard InChI is InChI=1S/C34H25N/c1-3-12-26(13-4-1)27-22-24-29(25-23-27)32-19-9-10-20-33(32)35(30-16-5-2-6-17-30)34-21-11-15-28-14-7-8-18-31(28)34/h1-25H. The predicted molar refractivity (Wildman–Crippen MR) is 150 cm³/mol. The third-order valence-corrected chi connectivity index (χ3v) is 6.47. The number of fused-ring (bicyclic) bond motifs is 1. The zero-order chi connectivity index (χ0) is 23.5. The van der Waals surface area contributed by atoms with Crippen LogP contribution in [-0.4, -0.2) is 0 Å². The van der Waals surface area contributed by atoms with E-state index in [1.54, 1.807) is 0 Å². The van der Waals surface area contributed by atoms with Crippen molar-refractivity contribution >= 4 is 27.8 Å². The van der Waals surface area contributed by atoms with Crippen LogP contribution in [0.15, 0.2) is 152 Å². The maximum atomic E-state index is 2.38. The molecule has 0 aromatic heterocycles. The van der Waals surface area contributed by atoms with Crippen molar-refractivity contribution in [1.82, 2.24) is 0 Å². The van der Waals surface area contributed by atoms with Crippen LogP contribution in [0.25, 0.3) is 33.0 Å². The first kappa shape index (κ1) is 20.9. The Labute approximate surface area is 206 Å². The Balaban J connectivity index is 1.52. The van der Waals surface area contributed by atoms with E-state index in [9.17, 15) is 0 Å². The van der Waals surface area contributed by atoms with Gasteiger partial charge in [0, 0.05) is 16.6 Å². The molecule has 1 nitrogen and oxygen atoms in total. The fraction of sp³-hybridized carbons (Fsp3) is 0. The normalized spacial score (nSPS) is 10.9. The van der Waals surface area contributed by atoms with Crippen molar-refractivity contribution < 1.29 is 0 Å². The van der Waals surface area contributed by atoms with Crippen LogP contribution in [-0.2, 0) is 0 Å². The van der Waals surface area contributed by atoms with E-state index in [4.69, 9.17) is 0 Å². The summed E-state index contributed by atoms with van der Waals surface area (Å²) in [5.74, 6) is 0. The summed E-state index contributed by atoms with van der Waals surface area (Å²) in [6, 6.07) is 53.9. The second kappa shape index (κ2) is 9.32. The zero-order valence-electron chi connectivity index (χ0n) is 19.4. The highest BCUT2D eigenvalue weighted by atomic mass is 15.1. The van der Waals surface area contributed by atoms with Gasteiger partial charge in [-0.05, 0) is 46.3 Å². The molecule has 0 aliphatic heterocycles. The lowest BCUT2D eigenvalue weighted by Gasteiger charge is -2.29. The number of anilines is 3. The fourth-order valence-corrected chi connectivity index (χ4v) is 4.77. The molecule has 0 bridgehead atoms. The van der Waals surface area contributed by atoms with E-state index in [1.807, 2.05) is 0 Å². The third-order valence-electron chi connectivity index (χ3n) is 6.47. The summed E-state index contributed by atoms with van der Waals surface area (Å²) in [7, 11) is 0. The summed E-state index contributed by atoms with van der Waals surface area (Å²) in [4.78, 5) is 2.38. The lowest BCUT2D eigenvalue weighted by molar-refractivity contribution is 1.30. The number of para-hydroxylation sites is 2. The maximum Gasteiger partial charge on any atom is 0.0540 e. The van der Waals surface area contributed by atoms with Crippen molar-refractivity contribution in [3.8, 4) is 22.3 Å². The number of hydrogen-bond donors (Lipinski definition) is 0. The first-order valence-electron chi connectivity index (χ1n) is 12.0. The Morgan fingerprint density at radius 1 is 0.343 bits per heavy atom. The van der Waals surface area contributed by atoms with Crippen LogP contribution in [0.1, 0.15) is 0 Å². The van der Waals surface area contributed by atoms with Crippen LogP contribution in [0, 0.1) is 0 Å². The SMILES string of the molecule is c1ccc(-c2ccc(-c3ccccc3N(c3ccccc3)c3cccc4ccccc34)cc2)cc1. The van der Waals surface area contributed by atoms with Crippen molar-refractivity contribution in [2.24, 2.45) is 0 Å². The smallest absolute Gasteiger partial charge is 0.0540 e. The first-order chi connectivity index (χ1) is 17.4. The van der Waals surface area contributed by atoms with Gasteiger partial charge >= 0.3 is 0 Å². The van der Waals surface area contributed by atoms with E-state index < -0.39 is 0 Å². The molecule has 6 aromatic carbocycles. The van der Waals surface area contributed by atoms with Gasteiger partial charge in [-0.3, -0.25) is 0 Å². The van der Waals surface area contributed by atoms with Crippen molar-refractivity contribution in [1.29, 1.82) is 0 Å². The largest absolute Gasteiger partial charge is 0.309 e. The highest BCUT2D eigenvalue weighted by Crippen LogP contribution is 2.43. The van der Waals surface area contributed by atoms with E-state index >= 15 is 0 Å². The average Bonchev–Trinajstić information content (AvgIpc) is 2.95. The minimum absolute atomic E-state index is 1.14. The van der Waals surface area contributed by atoms with Gasteiger partial charge in [0.1, 0.15) is 0 Å². The Hall–Kier alpha value is -4.62. The van der Waals surface area contributed by atoms with Gasteiger partial charge in [-0.2, -0.15) is 0 Å². The molecule has 1 heteroatoms. The molecule has 35 heavy (non-hydrogen) atoms. The van der Waals surface area contributed by atoms with Gasteiger partial charge in [0.25, 0.3) is 0 Å². The summed E-state index contributed by atoms with van der Waals surface area (Å²) < 4.78 is 0. The summed E-state index contributed by atoms with van der Waals surface area (Å²) in [5, 5.41) is 2.46. The molecule has 0 unspecified atom stereocenters. The van der Waals surface area contributed by atoms with E-state index in [2.05, 4.69) is 157 Å². The van der Waals surface area contributed by atoms with Crippen LogP contribution >= 0.6 is 0 Å². The van der Waals surface area contributed by atoms with Crippen LogP contribution in [0.3, 0.4) is 0 Å². The molecule has 0 fully saturated rings. The van der Waals surface area contributed by atoms with Gasteiger partial charge in [-0.15, -0.1) is 0 Å². The molecule has 0 heterocycles. The molecule has 0 N–H and O–H groups in total. The zero-order valence-corrected chi connectivity index (χ0v) is 19.4. The first-order valence-corrected chi connectivity index (χ1v) is 12.0. The lowest BCUT2D eigenvalue weighted by Crippen LogP contribution is -2.11. The van der Waals surface area contributed by atoms with Crippen molar-refractivity contribution in [2.75, 3.05) is 4.90 Å². The molecule has 166 valence electrons. The van der Waals surface area contributed by atoms with Crippen LogP contribution in [0.2, 0.25) is 0 Å². The number of benzene rings is 6. The van der Waals surface area contributed by atoms with E-state index in [0.29, 0.717) is 0 Å². The Bertz CT molecular complexity index is 1560. The van der Waals surface area contributed by atoms with Gasteiger partial charge < -0.3 is 4.90 Å². The van der Waals surface area contributed by atoms with E-state index in [-0.39, 0.29) is 0 Å². The van der Waals surface area contributed by atoms with Gasteiger partial charge in [0.2, 0.25) is 0 Å². The topological polar surface area (TPSA) is 3.24 Å². The Kier molecular flexibility index (Phi) is 5.58. The highest BCUT2D eigenvalue weighted by molar-refractivity contribution is 6.00. The third kappa shape index (κ3) is 4.09. The molecular weight excluding hydrogens is 422 g/mol. The monoisotopic (exact) mass is 447 g/mol. The average molecular weight is 448 g/mol. The van der Waals surface area contributed by atoms with Gasteiger partial charge in [-0.1, -0.05) is 127 Å². The minimum Gasteiger partial charge on any atom is -0.309 e. The summed E-state index contributed by atoms with van der Waals surface area (Å²) in [6.45, 7) is 0. The summed E-state index contributed by atoms with van der Waals surface area (Å²) in [5.41, 5.74) is 8.31. The number of rotatable bonds is 5. The number of hydrogen-bond acceptors (Lipinski definition) is 1. The van der Waals surface area contributed by atoms with Crippen LogP contribution in [0.5, 0.6) is 0 Å². The molecular formula is C34H25N. The fourth-order valence-electron chi connectivity index (χ4n) is 4.77. The molecule has 0 amide bonds. The molecule has 0 atom stereocenters. The van der Waals surface area contributed by atoms with Gasteiger partial charge in [0.15, 0.2) is 0 Å². The number of nitrogens with zero attached hydrogens (tertiary/aromatic N) is 1. The van der Waals surface area contributed by atoms with Gasteiger partial charge in [0.05, 0.1) is 11.4 Å². The molecule has 0 spiro atoms. The van der Waals surface area contributed by atoms with Crippen LogP contribution < -0.4 is 4.90 Å². The quantitative estimate of drug-likeness (QED) is 0.254. The van der Waals surface area contributed by atoms with Gasteiger partial charge in [-0.25, -0.2) is 0 Å². The molecule has 0 radical (unpaired) electrons. The second-order valence-electron chi connectivity index (χ2n) is 8.63. The highest BCUT2D eigenvalue weighted by Gasteiger charge is 2.18. The maximum absolute atomic E-state index is 2.38. The molecule has 0 aliphatic rings. The molecule has 0 saturated carbocycles. The van der Waals surface area contributed by atoms with Crippen molar-refractivity contribution in [3.63, 3.8) is 0 Å². The van der Waals surface area contributed by atoms with E-state index in [0.717, 1.165) is 11.4 Å². The van der Waals surface area contributed by atoms with Crippen molar-refractivity contribution in [2.45, 2.75) is 0 Å². The van der Waals surface area contributed by atoms with Crippen LogP contribution in [0.4, 0.5) is 17.1 Å². The molecule has 0 saturated heterocycles. The molecule has 6 aromatic rings. The minimum atomic E-state index is 1.14. The van der Waals surface area contributed by atoms with E-state index in [1.165, 1.54) is 38.7 Å². The predicted octanol–water partition coefficient (Wildman–Crippen LogP) is 9.64. The van der Waals surface area contributed by atoms with Crippen molar-refractivity contribution in [3.05, 3.63) is 152 Å². The lowest BCUT2D eigenvalue weighted by atomic mass is 9.98. The second-order valence-corrected chi connectivity index (χ2v) is 8.63. The molecule has 0 aliphatic carbocycles. The Morgan fingerprint density at radius 2 is 0.886 bits per heavy atom.